The molecule has 2 rings (SSSR count). The summed E-state index contributed by atoms with van der Waals surface area (Å²) in [5.41, 5.74) is 8.87. The molecule has 0 aromatic heterocycles. The average molecular weight is 452 g/mol. The van der Waals surface area contributed by atoms with Crippen molar-refractivity contribution in [2.45, 2.75) is 6.92 Å². The van der Waals surface area contributed by atoms with Crippen LogP contribution in [-0.2, 0) is 0 Å². The third kappa shape index (κ3) is 5.93. The molecule has 142 valence electrons. The number of thiocarbonyl (C=S) groups is 1. The first-order valence-corrected chi connectivity index (χ1v) is 9.05. The van der Waals surface area contributed by atoms with Crippen molar-refractivity contribution in [3.63, 3.8) is 0 Å². The van der Waals surface area contributed by atoms with E-state index in [1.54, 1.807) is 43.5 Å². The first-order chi connectivity index (χ1) is 12.9. The van der Waals surface area contributed by atoms with Crippen molar-refractivity contribution < 1.29 is 19.0 Å². The van der Waals surface area contributed by atoms with Gasteiger partial charge in [0.1, 0.15) is 5.75 Å². The Morgan fingerprint density at radius 1 is 1.33 bits per heavy atom. The zero-order valence-corrected chi connectivity index (χ0v) is 17.1. The number of nitrogens with one attached hydrogen (secondary N) is 1. The summed E-state index contributed by atoms with van der Waals surface area (Å²) in [6.07, 6.45) is 1.52. The molecule has 0 aliphatic heterocycles. The van der Waals surface area contributed by atoms with Gasteiger partial charge in [0.25, 0.3) is 0 Å². The molecule has 0 bridgehead atoms. The van der Waals surface area contributed by atoms with E-state index in [4.69, 9.17) is 19.9 Å². The Hall–Kier alpha value is -2.65. The predicted octanol–water partition coefficient (Wildman–Crippen LogP) is 3.24. The smallest absolute Gasteiger partial charge is 0.343 e. The molecule has 0 heterocycles. The van der Waals surface area contributed by atoms with E-state index in [-0.39, 0.29) is 10.9 Å². The van der Waals surface area contributed by atoms with Gasteiger partial charge in [-0.2, -0.15) is 5.10 Å². The second-order valence-corrected chi connectivity index (χ2v) is 6.41. The molecule has 7 nitrogen and oxygen atoms in total. The highest BCUT2D eigenvalue weighted by atomic mass is 79.9. The maximum absolute atomic E-state index is 12.5. The topological polar surface area (TPSA) is 95.2 Å². The summed E-state index contributed by atoms with van der Waals surface area (Å²) in [6.45, 7) is 2.23. The fourth-order valence-electron chi connectivity index (χ4n) is 2.07. The van der Waals surface area contributed by atoms with Crippen LogP contribution in [0.3, 0.4) is 0 Å². The Kier molecular flexibility index (Phi) is 7.56. The molecule has 0 saturated carbocycles. The van der Waals surface area contributed by atoms with Crippen molar-refractivity contribution >= 4 is 45.4 Å². The van der Waals surface area contributed by atoms with Gasteiger partial charge in [-0.15, -0.1) is 0 Å². The van der Waals surface area contributed by atoms with E-state index in [0.29, 0.717) is 33.7 Å². The number of esters is 1. The van der Waals surface area contributed by atoms with E-state index in [2.05, 4.69) is 38.7 Å². The Bertz CT molecular complexity index is 856. The molecule has 0 radical (unpaired) electrons. The maximum atomic E-state index is 12.5. The highest BCUT2D eigenvalue weighted by molar-refractivity contribution is 9.10. The zero-order valence-electron chi connectivity index (χ0n) is 14.7. The van der Waals surface area contributed by atoms with Crippen molar-refractivity contribution in [3.8, 4) is 17.2 Å². The van der Waals surface area contributed by atoms with Gasteiger partial charge in [0.2, 0.25) is 0 Å². The van der Waals surface area contributed by atoms with Crippen LogP contribution in [-0.4, -0.2) is 31.0 Å². The van der Waals surface area contributed by atoms with Crippen LogP contribution in [0, 0.1) is 0 Å². The lowest BCUT2D eigenvalue weighted by Crippen LogP contribution is -2.24. The molecule has 2 aromatic carbocycles. The van der Waals surface area contributed by atoms with E-state index < -0.39 is 5.97 Å². The lowest BCUT2D eigenvalue weighted by atomic mass is 10.2. The van der Waals surface area contributed by atoms with Crippen LogP contribution in [0.2, 0.25) is 0 Å². The number of rotatable bonds is 7. The first kappa shape index (κ1) is 20.7. The normalized spacial score (nSPS) is 10.5. The first-order valence-electron chi connectivity index (χ1n) is 7.85. The minimum Gasteiger partial charge on any atom is -0.497 e. The van der Waals surface area contributed by atoms with Crippen LogP contribution in [0.4, 0.5) is 0 Å². The number of hydrogen-bond donors (Lipinski definition) is 2. The molecule has 3 N–H and O–H groups in total. The third-order valence-electron chi connectivity index (χ3n) is 3.24. The van der Waals surface area contributed by atoms with Gasteiger partial charge in [0.15, 0.2) is 16.6 Å². The number of carbonyl (C=O) groups excluding carboxylic acids is 1. The van der Waals surface area contributed by atoms with Gasteiger partial charge in [-0.05, 0) is 77.0 Å². The summed E-state index contributed by atoms with van der Waals surface area (Å²) in [5.74, 6) is 0.801. The van der Waals surface area contributed by atoms with E-state index in [1.807, 2.05) is 6.92 Å². The summed E-state index contributed by atoms with van der Waals surface area (Å²) in [6, 6.07) is 10.0. The molecule has 0 fully saturated rings. The summed E-state index contributed by atoms with van der Waals surface area (Å²) in [7, 11) is 1.56. The standard InChI is InChI=1S/C18H18BrN3O4S/c1-3-25-15-9-11(10-21-22-18(20)27)8-14(19)16(15)26-17(23)12-4-6-13(24-2)7-5-12/h4-10H,3H2,1-2H3,(H3,20,22,27)/b21-10-. The molecule has 0 aliphatic rings. The minimum atomic E-state index is -0.518. The van der Waals surface area contributed by atoms with E-state index in [0.717, 1.165) is 0 Å². The highest BCUT2D eigenvalue weighted by Gasteiger charge is 2.17. The number of nitrogens with zero attached hydrogens (tertiary/aromatic N) is 1. The monoisotopic (exact) mass is 451 g/mol. The van der Waals surface area contributed by atoms with Crippen LogP contribution < -0.4 is 25.4 Å². The Morgan fingerprint density at radius 3 is 2.63 bits per heavy atom. The lowest BCUT2D eigenvalue weighted by Gasteiger charge is -2.13. The van der Waals surface area contributed by atoms with E-state index in [9.17, 15) is 4.79 Å². The molecule has 9 heteroatoms. The number of carbonyl (C=O) groups is 1. The Balaban J connectivity index is 2.27. The largest absolute Gasteiger partial charge is 0.497 e. The number of hydrogen-bond acceptors (Lipinski definition) is 6. The van der Waals surface area contributed by atoms with Crippen LogP contribution in [0.15, 0.2) is 46.0 Å². The number of benzene rings is 2. The van der Waals surface area contributed by atoms with Crippen molar-refractivity contribution in [2.24, 2.45) is 10.8 Å². The summed E-state index contributed by atoms with van der Waals surface area (Å²) < 4.78 is 16.8. The van der Waals surface area contributed by atoms with Crippen molar-refractivity contribution in [2.75, 3.05) is 13.7 Å². The van der Waals surface area contributed by atoms with E-state index >= 15 is 0 Å². The van der Waals surface area contributed by atoms with Crippen molar-refractivity contribution in [3.05, 3.63) is 52.0 Å². The number of methoxy groups -OCH3 is 1. The zero-order chi connectivity index (χ0) is 19.8. The molecule has 27 heavy (non-hydrogen) atoms. The number of nitrogens with two attached hydrogens (primary N) is 1. The number of hydrazone groups is 1. The molecule has 0 atom stereocenters. The summed E-state index contributed by atoms with van der Waals surface area (Å²) in [5, 5.41) is 3.96. The molecule has 0 amide bonds. The highest BCUT2D eigenvalue weighted by Crippen LogP contribution is 2.37. The van der Waals surface area contributed by atoms with Crippen LogP contribution in [0.5, 0.6) is 17.2 Å². The van der Waals surface area contributed by atoms with Gasteiger partial charge >= 0.3 is 5.97 Å². The van der Waals surface area contributed by atoms with Gasteiger partial charge in [-0.1, -0.05) is 0 Å². The third-order valence-corrected chi connectivity index (χ3v) is 3.92. The summed E-state index contributed by atoms with van der Waals surface area (Å²) >= 11 is 8.09. The van der Waals surface area contributed by atoms with Gasteiger partial charge < -0.3 is 19.9 Å². The summed E-state index contributed by atoms with van der Waals surface area (Å²) in [4.78, 5) is 12.5. The van der Waals surface area contributed by atoms with Crippen molar-refractivity contribution in [1.29, 1.82) is 0 Å². The second kappa shape index (κ2) is 9.89. The maximum Gasteiger partial charge on any atom is 0.343 e. The molecule has 2 aromatic rings. The lowest BCUT2D eigenvalue weighted by molar-refractivity contribution is 0.0727. The van der Waals surface area contributed by atoms with Gasteiger partial charge in [0, 0.05) is 0 Å². The fourth-order valence-corrected chi connectivity index (χ4v) is 2.67. The van der Waals surface area contributed by atoms with Gasteiger partial charge in [0.05, 0.1) is 30.0 Å². The SMILES string of the molecule is CCOc1cc(/C=N\NC(N)=S)cc(Br)c1OC(=O)c1ccc(OC)cc1. The Morgan fingerprint density at radius 2 is 2.04 bits per heavy atom. The molecule has 0 unspecified atom stereocenters. The van der Waals surface area contributed by atoms with Crippen molar-refractivity contribution in [1.82, 2.24) is 5.43 Å². The van der Waals surface area contributed by atoms with Gasteiger partial charge in [-0.3, -0.25) is 5.43 Å². The average Bonchev–Trinajstić information content (AvgIpc) is 2.64. The number of halogens is 1. The quantitative estimate of drug-likeness (QED) is 0.219. The van der Waals surface area contributed by atoms with Gasteiger partial charge in [-0.25, -0.2) is 4.79 Å². The predicted molar refractivity (Wildman–Crippen MR) is 111 cm³/mol. The fraction of sp³-hybridized carbons (Fsp3) is 0.167. The van der Waals surface area contributed by atoms with Crippen LogP contribution in [0.1, 0.15) is 22.8 Å². The molecular weight excluding hydrogens is 434 g/mol. The minimum absolute atomic E-state index is 0.0559. The molecule has 0 saturated heterocycles. The molecule has 0 spiro atoms. The molecule has 0 aliphatic carbocycles. The second-order valence-electron chi connectivity index (χ2n) is 5.12. The van der Waals surface area contributed by atoms with Crippen LogP contribution in [0.25, 0.3) is 0 Å². The molecular formula is C18H18BrN3O4S. The number of ether oxygens (including phenoxy) is 3. The van der Waals surface area contributed by atoms with Crippen LogP contribution >= 0.6 is 28.1 Å². The van der Waals surface area contributed by atoms with E-state index in [1.165, 1.54) is 6.21 Å². The Labute approximate surface area is 170 Å².